The average molecular weight is 285 g/mol. The lowest BCUT2D eigenvalue weighted by Crippen LogP contribution is -2.41. The molecule has 1 fully saturated rings. The summed E-state index contributed by atoms with van der Waals surface area (Å²) >= 11 is 0. The molecule has 1 aliphatic carbocycles. The summed E-state index contributed by atoms with van der Waals surface area (Å²) in [4.78, 5) is 13.8. The number of nitrogens with zero attached hydrogens (tertiary/aromatic N) is 3. The third kappa shape index (κ3) is 3.29. The molecule has 0 amide bonds. The van der Waals surface area contributed by atoms with Gasteiger partial charge in [-0.15, -0.1) is 0 Å². The molecule has 1 rings (SSSR count). The third-order valence-corrected chi connectivity index (χ3v) is 8.94. The molecule has 1 aliphatic rings. The van der Waals surface area contributed by atoms with Gasteiger partial charge in [-0.1, -0.05) is 25.9 Å². The van der Waals surface area contributed by atoms with E-state index in [0.717, 1.165) is 0 Å². The number of aliphatic carboxylic acids is 1. The highest BCUT2D eigenvalue weighted by atomic mass is 28.4. The Balaban J connectivity index is 2.49. The Morgan fingerprint density at radius 1 is 1.58 bits per heavy atom. The maximum absolute atomic E-state index is 11.1. The van der Waals surface area contributed by atoms with E-state index in [1.807, 2.05) is 0 Å². The minimum Gasteiger partial charge on any atom is -0.481 e. The van der Waals surface area contributed by atoms with Crippen LogP contribution in [0.15, 0.2) is 5.11 Å². The van der Waals surface area contributed by atoms with Crippen molar-refractivity contribution < 1.29 is 14.3 Å². The summed E-state index contributed by atoms with van der Waals surface area (Å²) in [5.74, 6) is -1.12. The second-order valence-electron chi connectivity index (χ2n) is 6.72. The van der Waals surface area contributed by atoms with E-state index in [9.17, 15) is 4.79 Å². The van der Waals surface area contributed by atoms with Gasteiger partial charge in [0, 0.05) is 11.5 Å². The molecule has 0 aliphatic heterocycles. The van der Waals surface area contributed by atoms with E-state index < -0.39 is 19.8 Å². The first-order valence-electron chi connectivity index (χ1n) is 6.50. The van der Waals surface area contributed by atoms with Crippen LogP contribution in [0.2, 0.25) is 18.1 Å². The molecule has 0 saturated heterocycles. The van der Waals surface area contributed by atoms with Crippen molar-refractivity contribution in [2.24, 2.45) is 11.0 Å². The van der Waals surface area contributed by atoms with Crippen LogP contribution in [-0.4, -0.2) is 31.5 Å². The van der Waals surface area contributed by atoms with Crippen molar-refractivity contribution in [2.45, 2.75) is 57.3 Å². The second kappa shape index (κ2) is 5.15. The minimum absolute atomic E-state index is 0.0920. The Kier molecular flexibility index (Phi) is 4.34. The van der Waals surface area contributed by atoms with Gasteiger partial charge in [0.2, 0.25) is 0 Å². The van der Waals surface area contributed by atoms with E-state index in [-0.39, 0.29) is 11.0 Å². The van der Waals surface area contributed by atoms with Gasteiger partial charge < -0.3 is 9.53 Å². The zero-order valence-electron chi connectivity index (χ0n) is 12.3. The fraction of sp³-hybridized carbons (Fsp3) is 0.917. The molecule has 6 nitrogen and oxygen atoms in total. The van der Waals surface area contributed by atoms with Crippen molar-refractivity contribution in [1.29, 1.82) is 0 Å². The molecule has 1 N–H and O–H groups in total. The monoisotopic (exact) mass is 285 g/mol. The highest BCUT2D eigenvalue weighted by Gasteiger charge is 2.60. The summed E-state index contributed by atoms with van der Waals surface area (Å²) in [6.45, 7) is 11.4. The van der Waals surface area contributed by atoms with E-state index in [0.29, 0.717) is 19.4 Å². The van der Waals surface area contributed by atoms with Crippen LogP contribution in [0.3, 0.4) is 0 Å². The maximum Gasteiger partial charge on any atom is 0.315 e. The van der Waals surface area contributed by atoms with Crippen LogP contribution in [0.25, 0.3) is 10.4 Å². The summed E-state index contributed by atoms with van der Waals surface area (Å²) in [5.41, 5.74) is 7.22. The molecule has 2 atom stereocenters. The molecular weight excluding hydrogens is 262 g/mol. The summed E-state index contributed by atoms with van der Waals surface area (Å²) in [6.07, 6.45) is 1.06. The molecular formula is C12H23N3O3Si. The molecule has 7 heteroatoms. The molecule has 0 aromatic heterocycles. The van der Waals surface area contributed by atoms with Crippen LogP contribution in [0.5, 0.6) is 0 Å². The number of carboxylic acid groups (broad SMARTS) is 1. The fourth-order valence-electron chi connectivity index (χ4n) is 1.84. The molecule has 0 aromatic rings. The summed E-state index contributed by atoms with van der Waals surface area (Å²) in [5, 5.41) is 12.7. The summed E-state index contributed by atoms with van der Waals surface area (Å²) in [6, 6.07) is 0. The number of carboxylic acids is 1. The van der Waals surface area contributed by atoms with E-state index >= 15 is 0 Å². The van der Waals surface area contributed by atoms with Crippen molar-refractivity contribution in [3.63, 3.8) is 0 Å². The number of hydrogen-bond donors (Lipinski definition) is 1. The molecule has 1 saturated carbocycles. The molecule has 0 spiro atoms. The Hall–Kier alpha value is -1.04. The Bertz CT molecular complexity index is 409. The Labute approximate surface area is 114 Å². The first-order chi connectivity index (χ1) is 8.57. The topological polar surface area (TPSA) is 95.3 Å². The lowest BCUT2D eigenvalue weighted by atomic mass is 10.2. The third-order valence-electron chi connectivity index (χ3n) is 4.40. The minimum atomic E-state index is -1.79. The van der Waals surface area contributed by atoms with Crippen LogP contribution < -0.4 is 0 Å². The quantitative estimate of drug-likeness (QED) is 0.350. The summed E-state index contributed by atoms with van der Waals surface area (Å²) in [7, 11) is -1.79. The van der Waals surface area contributed by atoms with E-state index in [4.69, 9.17) is 15.1 Å². The van der Waals surface area contributed by atoms with Gasteiger partial charge in [0.25, 0.3) is 0 Å². The van der Waals surface area contributed by atoms with Crippen molar-refractivity contribution in [1.82, 2.24) is 0 Å². The maximum atomic E-state index is 11.1. The molecule has 19 heavy (non-hydrogen) atoms. The number of carbonyl (C=O) groups is 1. The van der Waals surface area contributed by atoms with Crippen LogP contribution in [-0.2, 0) is 9.22 Å². The largest absolute Gasteiger partial charge is 0.481 e. The lowest BCUT2D eigenvalue weighted by molar-refractivity contribution is -0.140. The number of rotatable bonds is 6. The second-order valence-corrected chi connectivity index (χ2v) is 11.5. The summed E-state index contributed by atoms with van der Waals surface area (Å²) < 4.78 is 6.01. The van der Waals surface area contributed by atoms with Crippen LogP contribution in [0.1, 0.15) is 33.6 Å². The highest BCUT2D eigenvalue weighted by Crippen LogP contribution is 2.50. The van der Waals surface area contributed by atoms with Gasteiger partial charge in [-0.05, 0) is 42.4 Å². The lowest BCUT2D eigenvalue weighted by Gasteiger charge is -2.36. The van der Waals surface area contributed by atoms with E-state index in [2.05, 4.69) is 43.9 Å². The first kappa shape index (κ1) is 16.0. The predicted octanol–water partition coefficient (Wildman–Crippen LogP) is 3.55. The van der Waals surface area contributed by atoms with Gasteiger partial charge in [0.05, 0.1) is 0 Å². The van der Waals surface area contributed by atoms with Crippen LogP contribution in [0.4, 0.5) is 0 Å². The molecule has 0 aromatic carbocycles. The molecule has 0 radical (unpaired) electrons. The normalized spacial score (nSPS) is 26.7. The predicted molar refractivity (Wildman–Crippen MR) is 75.4 cm³/mol. The molecule has 0 bridgehead atoms. The molecule has 0 heterocycles. The SMILES string of the molecule is CC(C)(C)[Si](C)(C)OCC[C@H]1C[C@]1(N=[N+]=[N-])C(=O)O. The number of hydrogen-bond acceptors (Lipinski definition) is 3. The van der Waals surface area contributed by atoms with Gasteiger partial charge >= 0.3 is 5.97 Å². The average Bonchev–Trinajstić information content (AvgIpc) is 2.91. The van der Waals surface area contributed by atoms with Gasteiger partial charge in [-0.2, -0.15) is 0 Å². The van der Waals surface area contributed by atoms with Crippen LogP contribution in [0, 0.1) is 5.92 Å². The van der Waals surface area contributed by atoms with E-state index in [1.165, 1.54) is 0 Å². The van der Waals surface area contributed by atoms with Gasteiger partial charge in [-0.3, -0.25) is 4.79 Å². The van der Waals surface area contributed by atoms with Gasteiger partial charge in [-0.25, -0.2) is 0 Å². The molecule has 0 unspecified atom stereocenters. The fourth-order valence-corrected chi connectivity index (χ4v) is 2.90. The standard InChI is InChI=1S/C12H23N3O3Si/c1-11(2,3)19(4,5)18-7-6-9-8-12(9,10(16)17)14-15-13/h9H,6-8H2,1-5H3,(H,16,17)/t9-,12+/m0/s1. The first-order valence-corrected chi connectivity index (χ1v) is 9.41. The van der Waals surface area contributed by atoms with Gasteiger partial charge in [0.1, 0.15) is 5.54 Å². The Morgan fingerprint density at radius 3 is 2.58 bits per heavy atom. The van der Waals surface area contributed by atoms with Crippen molar-refractivity contribution in [2.75, 3.05) is 6.61 Å². The van der Waals surface area contributed by atoms with E-state index in [1.54, 1.807) is 0 Å². The Morgan fingerprint density at radius 2 is 2.16 bits per heavy atom. The van der Waals surface area contributed by atoms with Crippen molar-refractivity contribution in [3.8, 4) is 0 Å². The van der Waals surface area contributed by atoms with Crippen molar-refractivity contribution >= 4 is 14.3 Å². The molecule has 108 valence electrons. The van der Waals surface area contributed by atoms with Crippen LogP contribution >= 0.6 is 0 Å². The zero-order chi connectivity index (χ0) is 14.9. The van der Waals surface area contributed by atoms with Gasteiger partial charge in [0.15, 0.2) is 8.32 Å². The number of azide groups is 1. The zero-order valence-corrected chi connectivity index (χ0v) is 13.3. The highest BCUT2D eigenvalue weighted by molar-refractivity contribution is 6.74. The smallest absolute Gasteiger partial charge is 0.315 e. The van der Waals surface area contributed by atoms with Crippen molar-refractivity contribution in [3.05, 3.63) is 10.4 Å².